The molecule has 1 heterocycles. The Bertz CT molecular complexity index is 636. The van der Waals surface area contributed by atoms with E-state index >= 15 is 0 Å². The predicted octanol–water partition coefficient (Wildman–Crippen LogP) is 4.07. The number of carbonyl (C=O) groups is 2. The summed E-state index contributed by atoms with van der Waals surface area (Å²) in [6.45, 7) is 11.7. The minimum atomic E-state index is -0.591. The molecule has 1 saturated heterocycles. The molecule has 142 valence electrons. The van der Waals surface area contributed by atoms with E-state index < -0.39 is 17.7 Å². The third-order valence-corrected chi connectivity index (χ3v) is 4.55. The molecule has 26 heavy (non-hydrogen) atoms. The molecule has 0 radical (unpaired) electrons. The van der Waals surface area contributed by atoms with Crippen LogP contribution in [-0.2, 0) is 9.53 Å². The number of rotatable bonds is 5. The summed E-state index contributed by atoms with van der Waals surface area (Å²) in [4.78, 5) is 27.1. The number of benzene rings is 1. The molecule has 1 aromatic rings. The van der Waals surface area contributed by atoms with Crippen LogP contribution < -0.4 is 5.32 Å². The van der Waals surface area contributed by atoms with Gasteiger partial charge in [0.15, 0.2) is 0 Å². The zero-order valence-electron chi connectivity index (χ0n) is 16.2. The molecule has 2 amide bonds. The van der Waals surface area contributed by atoms with Crippen LogP contribution in [0.15, 0.2) is 43.0 Å². The standard InChI is InChI=1S/C21H30N2O3/c1-6-10-17-13-14-23(20(25)26-21(3,4)5)18(17)19(24)22-15(2)16-11-8-7-9-12-16/h6-9,11-12,15,17-18H,1,10,13-14H2,2-5H3,(H,22,24)/t15-,17-,18+/m1/s1. The first kappa shape index (κ1) is 20.0. The molecule has 0 bridgehead atoms. The molecule has 0 spiro atoms. The van der Waals surface area contributed by atoms with Crippen LogP contribution in [0.3, 0.4) is 0 Å². The van der Waals surface area contributed by atoms with Crippen molar-refractivity contribution >= 4 is 12.0 Å². The summed E-state index contributed by atoms with van der Waals surface area (Å²) in [7, 11) is 0. The number of nitrogens with zero attached hydrogens (tertiary/aromatic N) is 1. The van der Waals surface area contributed by atoms with Crippen molar-refractivity contribution < 1.29 is 14.3 Å². The number of nitrogens with one attached hydrogen (secondary N) is 1. The smallest absolute Gasteiger partial charge is 0.410 e. The highest BCUT2D eigenvalue weighted by molar-refractivity contribution is 5.87. The highest BCUT2D eigenvalue weighted by atomic mass is 16.6. The van der Waals surface area contributed by atoms with Gasteiger partial charge in [-0.1, -0.05) is 36.4 Å². The van der Waals surface area contributed by atoms with Gasteiger partial charge in [-0.25, -0.2) is 4.79 Å². The first-order valence-electron chi connectivity index (χ1n) is 9.18. The van der Waals surface area contributed by atoms with Crippen molar-refractivity contribution in [3.8, 4) is 0 Å². The van der Waals surface area contributed by atoms with E-state index in [2.05, 4.69) is 11.9 Å². The van der Waals surface area contributed by atoms with Gasteiger partial charge in [0.25, 0.3) is 0 Å². The fourth-order valence-corrected chi connectivity index (χ4v) is 3.32. The van der Waals surface area contributed by atoms with Crippen LogP contribution >= 0.6 is 0 Å². The largest absolute Gasteiger partial charge is 0.444 e. The molecule has 1 aliphatic heterocycles. The Morgan fingerprint density at radius 3 is 2.58 bits per heavy atom. The van der Waals surface area contributed by atoms with E-state index in [9.17, 15) is 9.59 Å². The summed E-state index contributed by atoms with van der Waals surface area (Å²) in [5.41, 5.74) is 0.439. The van der Waals surface area contributed by atoms with Crippen LogP contribution in [-0.4, -0.2) is 35.1 Å². The Morgan fingerprint density at radius 2 is 2.00 bits per heavy atom. The number of likely N-dealkylation sites (tertiary alicyclic amines) is 1. The first-order chi connectivity index (χ1) is 12.2. The highest BCUT2D eigenvalue weighted by Gasteiger charge is 2.43. The third-order valence-electron chi connectivity index (χ3n) is 4.55. The maximum atomic E-state index is 13.0. The average Bonchev–Trinajstić information content (AvgIpc) is 2.98. The van der Waals surface area contributed by atoms with Crippen LogP contribution in [0.4, 0.5) is 4.79 Å². The van der Waals surface area contributed by atoms with Gasteiger partial charge in [-0.2, -0.15) is 0 Å². The second kappa shape index (κ2) is 8.39. The van der Waals surface area contributed by atoms with Gasteiger partial charge in [0.05, 0.1) is 6.04 Å². The van der Waals surface area contributed by atoms with Crippen molar-refractivity contribution in [1.29, 1.82) is 0 Å². The molecular formula is C21H30N2O3. The number of amides is 2. The number of allylic oxidation sites excluding steroid dienone is 1. The maximum absolute atomic E-state index is 13.0. The van der Waals surface area contributed by atoms with Gasteiger partial charge >= 0.3 is 6.09 Å². The zero-order valence-corrected chi connectivity index (χ0v) is 16.2. The van der Waals surface area contributed by atoms with Crippen molar-refractivity contribution in [2.75, 3.05) is 6.54 Å². The second-order valence-corrected chi connectivity index (χ2v) is 7.83. The SMILES string of the molecule is C=CC[C@@H]1CCN(C(=O)OC(C)(C)C)[C@@H]1C(=O)N[C@H](C)c1ccccc1. The monoisotopic (exact) mass is 358 g/mol. The van der Waals surface area contributed by atoms with Crippen LogP contribution in [0.5, 0.6) is 0 Å². The molecule has 1 fully saturated rings. The lowest BCUT2D eigenvalue weighted by molar-refractivity contribution is -0.127. The van der Waals surface area contributed by atoms with Gasteiger partial charge in [-0.3, -0.25) is 9.69 Å². The van der Waals surface area contributed by atoms with E-state index in [1.807, 2.05) is 64.1 Å². The average molecular weight is 358 g/mol. The van der Waals surface area contributed by atoms with Crippen molar-refractivity contribution in [2.24, 2.45) is 5.92 Å². The number of hydrogen-bond donors (Lipinski definition) is 1. The van der Waals surface area contributed by atoms with Crippen LogP contribution in [0.2, 0.25) is 0 Å². The normalized spacial score (nSPS) is 21.2. The Labute approximate surface area is 156 Å². The minimum Gasteiger partial charge on any atom is -0.444 e. The van der Waals surface area contributed by atoms with Crippen molar-refractivity contribution in [1.82, 2.24) is 10.2 Å². The lowest BCUT2D eigenvalue weighted by Gasteiger charge is -2.30. The Morgan fingerprint density at radius 1 is 1.35 bits per heavy atom. The molecule has 0 aliphatic carbocycles. The van der Waals surface area contributed by atoms with E-state index in [1.54, 1.807) is 4.90 Å². The molecule has 5 heteroatoms. The topological polar surface area (TPSA) is 58.6 Å². The third kappa shape index (κ3) is 5.10. The number of hydrogen-bond acceptors (Lipinski definition) is 3. The molecule has 1 aliphatic rings. The van der Waals surface area contributed by atoms with E-state index in [0.717, 1.165) is 12.0 Å². The fourth-order valence-electron chi connectivity index (χ4n) is 3.32. The van der Waals surface area contributed by atoms with E-state index in [4.69, 9.17) is 4.74 Å². The van der Waals surface area contributed by atoms with Crippen LogP contribution in [0.1, 0.15) is 52.1 Å². The predicted molar refractivity (Wildman–Crippen MR) is 103 cm³/mol. The minimum absolute atomic E-state index is 0.0583. The Balaban J connectivity index is 2.14. The summed E-state index contributed by atoms with van der Waals surface area (Å²) in [5.74, 6) is -0.0837. The van der Waals surface area contributed by atoms with Crippen LogP contribution in [0, 0.1) is 5.92 Å². The van der Waals surface area contributed by atoms with Gasteiger partial charge in [0.2, 0.25) is 5.91 Å². The van der Waals surface area contributed by atoms with Crippen molar-refractivity contribution in [3.63, 3.8) is 0 Å². The number of carbonyl (C=O) groups excluding carboxylic acids is 2. The van der Waals surface area contributed by atoms with Crippen molar-refractivity contribution in [3.05, 3.63) is 48.6 Å². The molecule has 0 aromatic heterocycles. The zero-order chi connectivity index (χ0) is 19.3. The molecule has 1 aromatic carbocycles. The summed E-state index contributed by atoms with van der Waals surface area (Å²) < 4.78 is 5.50. The van der Waals surface area contributed by atoms with Gasteiger partial charge in [-0.05, 0) is 52.0 Å². The Kier molecular flexibility index (Phi) is 6.46. The van der Waals surface area contributed by atoms with Crippen LogP contribution in [0.25, 0.3) is 0 Å². The van der Waals surface area contributed by atoms with E-state index in [-0.39, 0.29) is 17.9 Å². The maximum Gasteiger partial charge on any atom is 0.410 e. The van der Waals surface area contributed by atoms with Crippen molar-refractivity contribution in [2.45, 2.75) is 58.2 Å². The molecule has 2 rings (SSSR count). The van der Waals surface area contributed by atoms with Gasteiger partial charge in [-0.15, -0.1) is 6.58 Å². The molecular weight excluding hydrogens is 328 g/mol. The highest BCUT2D eigenvalue weighted by Crippen LogP contribution is 2.30. The first-order valence-corrected chi connectivity index (χ1v) is 9.18. The quantitative estimate of drug-likeness (QED) is 0.807. The number of ether oxygens (including phenoxy) is 1. The summed E-state index contributed by atoms with van der Waals surface area (Å²) in [6.07, 6.45) is 2.83. The molecule has 1 N–H and O–H groups in total. The summed E-state index contributed by atoms with van der Waals surface area (Å²) in [6, 6.07) is 9.13. The molecule has 0 saturated carbocycles. The Hall–Kier alpha value is -2.30. The lowest BCUT2D eigenvalue weighted by Crippen LogP contribution is -2.50. The molecule has 0 unspecified atom stereocenters. The lowest BCUT2D eigenvalue weighted by atomic mass is 9.95. The van der Waals surface area contributed by atoms with Gasteiger partial charge < -0.3 is 10.1 Å². The summed E-state index contributed by atoms with van der Waals surface area (Å²) in [5, 5.41) is 3.05. The van der Waals surface area contributed by atoms with Gasteiger partial charge in [0, 0.05) is 6.54 Å². The second-order valence-electron chi connectivity index (χ2n) is 7.83. The van der Waals surface area contributed by atoms with E-state index in [1.165, 1.54) is 0 Å². The fraction of sp³-hybridized carbons (Fsp3) is 0.524. The van der Waals surface area contributed by atoms with E-state index in [0.29, 0.717) is 13.0 Å². The van der Waals surface area contributed by atoms with Gasteiger partial charge in [0.1, 0.15) is 11.6 Å². The molecule has 5 nitrogen and oxygen atoms in total. The molecule has 3 atom stereocenters. The summed E-state index contributed by atoms with van der Waals surface area (Å²) >= 11 is 0.